The van der Waals surface area contributed by atoms with Gasteiger partial charge in [-0.15, -0.1) is 0 Å². The van der Waals surface area contributed by atoms with Crippen LogP contribution in [0.15, 0.2) is 169 Å². The van der Waals surface area contributed by atoms with E-state index in [0.717, 1.165) is 52.9 Å². The molecule has 0 bridgehead atoms. The summed E-state index contributed by atoms with van der Waals surface area (Å²) in [5.74, 6) is 3.91. The van der Waals surface area contributed by atoms with Crippen LogP contribution in [0.5, 0.6) is 17.2 Å². The predicted molar refractivity (Wildman–Crippen MR) is 216 cm³/mol. The minimum Gasteiger partial charge on any atom is -0.463 e. The molecule has 1 aliphatic carbocycles. The standard InChI is InChI=1S/C46H30B2N2O2/c1-3-13-29(14-4-1)49-37-19-11-23-41-43(37)47(33-17-7-9-21-39(33)51-41)35-27-26-32-31(45(35)49)25-28-36-46(32)50(30-15-5-2-6-16-30)38-20-12-24-42-44(38)48(36)34-18-8-10-22-40(34)52-42/h1-9,11-21,23-28H,10,22H2. The molecular weight excluding hydrogens is 634 g/mol. The van der Waals surface area contributed by atoms with Crippen LogP contribution in [0.1, 0.15) is 12.8 Å². The Morgan fingerprint density at radius 2 is 1.02 bits per heavy atom. The van der Waals surface area contributed by atoms with E-state index < -0.39 is 0 Å². The van der Waals surface area contributed by atoms with E-state index in [2.05, 4.69) is 168 Å². The monoisotopic (exact) mass is 664 g/mol. The van der Waals surface area contributed by atoms with Crippen molar-refractivity contribution in [3.05, 3.63) is 169 Å². The molecule has 7 aromatic carbocycles. The molecule has 52 heavy (non-hydrogen) atoms. The van der Waals surface area contributed by atoms with Crippen LogP contribution in [0.4, 0.5) is 34.1 Å². The molecule has 0 saturated heterocycles. The summed E-state index contributed by atoms with van der Waals surface area (Å²) < 4.78 is 13.3. The molecule has 0 saturated carbocycles. The molecule has 0 aromatic heterocycles. The second kappa shape index (κ2) is 10.6. The zero-order valence-corrected chi connectivity index (χ0v) is 28.3. The number of hydrogen-bond acceptors (Lipinski definition) is 4. The van der Waals surface area contributed by atoms with Crippen LogP contribution in [0.3, 0.4) is 0 Å². The molecule has 12 rings (SSSR count). The highest BCUT2D eigenvalue weighted by Crippen LogP contribution is 2.48. The van der Waals surface area contributed by atoms with Crippen molar-refractivity contribution in [1.29, 1.82) is 0 Å². The lowest BCUT2D eigenvalue weighted by molar-refractivity contribution is 0.400. The third-order valence-corrected chi connectivity index (χ3v) is 11.6. The van der Waals surface area contributed by atoms with E-state index in [0.29, 0.717) is 0 Å². The Morgan fingerprint density at radius 1 is 0.462 bits per heavy atom. The average Bonchev–Trinajstić information content (AvgIpc) is 3.21. The van der Waals surface area contributed by atoms with Gasteiger partial charge in [0.05, 0.1) is 5.76 Å². The van der Waals surface area contributed by atoms with Gasteiger partial charge in [0.2, 0.25) is 0 Å². The summed E-state index contributed by atoms with van der Waals surface area (Å²) in [4.78, 5) is 4.95. The fourth-order valence-corrected chi connectivity index (χ4v) is 9.57. The first-order chi connectivity index (χ1) is 25.8. The van der Waals surface area contributed by atoms with E-state index in [1.165, 1.54) is 60.6 Å². The van der Waals surface area contributed by atoms with Crippen LogP contribution in [0, 0.1) is 0 Å². The lowest BCUT2D eigenvalue weighted by Crippen LogP contribution is -2.59. The van der Waals surface area contributed by atoms with Crippen molar-refractivity contribution in [2.75, 3.05) is 9.80 Å². The average molecular weight is 664 g/mol. The SMILES string of the molecule is C1=CC2=C(CC1)Oc1cccc3c1B2c1ccc2c4c(ccc2c1N3c1ccccc1)B1c2ccccc2Oc2cccc(c21)N4c1ccccc1. The molecule has 0 amide bonds. The summed E-state index contributed by atoms with van der Waals surface area (Å²) in [6.07, 6.45) is 6.55. The Kier molecular flexibility index (Phi) is 5.75. The summed E-state index contributed by atoms with van der Waals surface area (Å²) >= 11 is 0. The molecule has 4 aliphatic heterocycles. The van der Waals surface area contributed by atoms with Crippen LogP contribution in [-0.2, 0) is 0 Å². The lowest BCUT2D eigenvalue weighted by atomic mass is 9.33. The molecule has 6 heteroatoms. The van der Waals surface area contributed by atoms with Gasteiger partial charge in [-0.1, -0.05) is 103 Å². The summed E-state index contributed by atoms with van der Waals surface area (Å²) in [6.45, 7) is 0.119. The molecule has 0 radical (unpaired) electrons. The largest absolute Gasteiger partial charge is 0.463 e. The smallest absolute Gasteiger partial charge is 0.256 e. The van der Waals surface area contributed by atoms with E-state index in [1.807, 2.05) is 0 Å². The van der Waals surface area contributed by atoms with Gasteiger partial charge in [0, 0.05) is 51.3 Å². The zero-order chi connectivity index (χ0) is 33.9. The Morgan fingerprint density at radius 3 is 1.69 bits per heavy atom. The van der Waals surface area contributed by atoms with Gasteiger partial charge in [-0.05, 0) is 93.8 Å². The number of fused-ring (bicyclic) bond motifs is 10. The fraction of sp³-hybridized carbons (Fsp3) is 0.0435. The lowest BCUT2D eigenvalue weighted by Gasteiger charge is -2.43. The van der Waals surface area contributed by atoms with E-state index in [9.17, 15) is 0 Å². The molecule has 0 unspecified atom stereocenters. The van der Waals surface area contributed by atoms with Crippen molar-refractivity contribution < 1.29 is 9.47 Å². The Bertz CT molecular complexity index is 2720. The van der Waals surface area contributed by atoms with Crippen molar-refractivity contribution in [1.82, 2.24) is 0 Å². The van der Waals surface area contributed by atoms with E-state index in [1.54, 1.807) is 0 Å². The van der Waals surface area contributed by atoms with Crippen LogP contribution < -0.4 is 46.6 Å². The van der Waals surface area contributed by atoms with Crippen molar-refractivity contribution in [2.45, 2.75) is 12.8 Å². The quantitative estimate of drug-likeness (QED) is 0.174. The Balaban J connectivity index is 1.20. The summed E-state index contributed by atoms with van der Waals surface area (Å²) in [5.41, 5.74) is 14.6. The summed E-state index contributed by atoms with van der Waals surface area (Å²) in [7, 11) is 0. The molecule has 242 valence electrons. The first-order valence-electron chi connectivity index (χ1n) is 18.2. The van der Waals surface area contributed by atoms with Gasteiger partial charge in [-0.25, -0.2) is 0 Å². The number of ether oxygens (including phenoxy) is 2. The Labute approximate surface area is 303 Å². The van der Waals surface area contributed by atoms with Crippen molar-refractivity contribution in [3.8, 4) is 17.2 Å². The topological polar surface area (TPSA) is 24.9 Å². The summed E-state index contributed by atoms with van der Waals surface area (Å²) in [5, 5.41) is 2.45. The third-order valence-electron chi connectivity index (χ3n) is 11.6. The number of nitrogens with zero attached hydrogens (tertiary/aromatic N) is 2. The first-order valence-corrected chi connectivity index (χ1v) is 18.2. The number of allylic oxidation sites excluding steroid dienone is 4. The molecule has 7 aromatic rings. The predicted octanol–water partition coefficient (Wildman–Crippen LogP) is 8.17. The molecule has 4 heterocycles. The highest BCUT2D eigenvalue weighted by molar-refractivity contribution is 6.99. The first kappa shape index (κ1) is 28.3. The molecule has 0 spiro atoms. The van der Waals surface area contributed by atoms with E-state index in [4.69, 9.17) is 9.47 Å². The van der Waals surface area contributed by atoms with Gasteiger partial charge in [-0.3, -0.25) is 0 Å². The van der Waals surface area contributed by atoms with E-state index in [-0.39, 0.29) is 13.4 Å². The van der Waals surface area contributed by atoms with E-state index >= 15 is 0 Å². The molecule has 0 N–H and O–H groups in total. The van der Waals surface area contributed by atoms with Crippen LogP contribution in [-0.4, -0.2) is 13.4 Å². The normalized spacial score (nSPS) is 15.5. The van der Waals surface area contributed by atoms with Gasteiger partial charge < -0.3 is 19.3 Å². The number of benzene rings is 7. The van der Waals surface area contributed by atoms with Gasteiger partial charge in [0.25, 0.3) is 13.4 Å². The van der Waals surface area contributed by atoms with Gasteiger partial charge >= 0.3 is 0 Å². The molecular formula is C46H30B2N2O2. The highest BCUT2D eigenvalue weighted by atomic mass is 16.5. The second-order valence-corrected chi connectivity index (χ2v) is 14.2. The van der Waals surface area contributed by atoms with Crippen molar-refractivity contribution in [3.63, 3.8) is 0 Å². The number of hydrogen-bond donors (Lipinski definition) is 0. The number of anilines is 6. The number of rotatable bonds is 2. The Hall–Kier alpha value is -6.39. The zero-order valence-electron chi connectivity index (χ0n) is 28.3. The fourth-order valence-electron chi connectivity index (χ4n) is 9.57. The van der Waals surface area contributed by atoms with Crippen LogP contribution in [0.25, 0.3) is 10.8 Å². The second-order valence-electron chi connectivity index (χ2n) is 14.2. The highest BCUT2D eigenvalue weighted by Gasteiger charge is 2.45. The van der Waals surface area contributed by atoms with Gasteiger partial charge in [0.1, 0.15) is 17.2 Å². The maximum absolute atomic E-state index is 6.69. The van der Waals surface area contributed by atoms with Gasteiger partial charge in [0.15, 0.2) is 0 Å². The van der Waals surface area contributed by atoms with Crippen molar-refractivity contribution in [2.24, 2.45) is 0 Å². The minimum absolute atomic E-state index is 0.0376. The molecule has 5 aliphatic rings. The molecule has 0 atom stereocenters. The third kappa shape index (κ3) is 3.73. The summed E-state index contributed by atoms with van der Waals surface area (Å²) in [6, 6.07) is 52.8. The molecule has 4 nitrogen and oxygen atoms in total. The maximum atomic E-state index is 6.69. The van der Waals surface area contributed by atoms with Crippen molar-refractivity contribution >= 4 is 85.6 Å². The maximum Gasteiger partial charge on any atom is 0.256 e. The van der Waals surface area contributed by atoms with Crippen LogP contribution in [0.2, 0.25) is 0 Å². The minimum atomic E-state index is 0.0376. The number of para-hydroxylation sites is 3. The molecule has 0 fully saturated rings. The van der Waals surface area contributed by atoms with Gasteiger partial charge in [-0.2, -0.15) is 0 Å². The van der Waals surface area contributed by atoms with Crippen LogP contribution >= 0.6 is 0 Å².